The topological polar surface area (TPSA) is 52.6 Å². The van der Waals surface area contributed by atoms with Gasteiger partial charge in [0.1, 0.15) is 0 Å². The third kappa shape index (κ3) is 4.07. The van der Waals surface area contributed by atoms with Gasteiger partial charge in [-0.2, -0.15) is 0 Å². The highest BCUT2D eigenvalue weighted by molar-refractivity contribution is 5.81. The summed E-state index contributed by atoms with van der Waals surface area (Å²) in [6.07, 6.45) is 0. The Balaban J connectivity index is 2.68. The van der Waals surface area contributed by atoms with E-state index in [-0.39, 0.29) is 12.5 Å². The number of hydrogen-bond donors (Lipinski definition) is 2. The molecule has 0 saturated heterocycles. The minimum absolute atomic E-state index is 0.0283. The highest BCUT2D eigenvalue weighted by atomic mass is 16.3. The van der Waals surface area contributed by atoms with Crippen molar-refractivity contribution in [2.45, 2.75) is 20.5 Å². The van der Waals surface area contributed by atoms with E-state index in [2.05, 4.69) is 5.32 Å². The summed E-state index contributed by atoms with van der Waals surface area (Å²) < 4.78 is 0. The van der Waals surface area contributed by atoms with Gasteiger partial charge < -0.3 is 15.3 Å². The SMILES string of the molecule is CCNC(=O)CN(CC)c1ccc(CO)cc1. The van der Waals surface area contributed by atoms with Gasteiger partial charge in [-0.25, -0.2) is 0 Å². The molecule has 1 rings (SSSR count). The van der Waals surface area contributed by atoms with E-state index in [1.54, 1.807) is 0 Å². The monoisotopic (exact) mass is 236 g/mol. The van der Waals surface area contributed by atoms with Gasteiger partial charge in [0.2, 0.25) is 5.91 Å². The Bertz CT molecular complexity index is 349. The molecular weight excluding hydrogens is 216 g/mol. The smallest absolute Gasteiger partial charge is 0.239 e. The van der Waals surface area contributed by atoms with Crippen LogP contribution in [0.2, 0.25) is 0 Å². The van der Waals surface area contributed by atoms with Crippen LogP contribution in [0.25, 0.3) is 0 Å². The second-order valence-electron chi connectivity index (χ2n) is 3.79. The molecule has 0 atom stereocenters. The van der Waals surface area contributed by atoms with E-state index >= 15 is 0 Å². The summed E-state index contributed by atoms with van der Waals surface area (Å²) in [6, 6.07) is 7.59. The highest BCUT2D eigenvalue weighted by Gasteiger charge is 2.08. The molecule has 4 nitrogen and oxygen atoms in total. The van der Waals surface area contributed by atoms with Crippen LogP contribution in [0, 0.1) is 0 Å². The van der Waals surface area contributed by atoms with Crippen LogP contribution in [0.15, 0.2) is 24.3 Å². The van der Waals surface area contributed by atoms with Crippen molar-refractivity contribution >= 4 is 11.6 Å². The van der Waals surface area contributed by atoms with Crippen LogP contribution < -0.4 is 10.2 Å². The molecule has 4 heteroatoms. The number of nitrogens with one attached hydrogen (secondary N) is 1. The van der Waals surface area contributed by atoms with Crippen molar-refractivity contribution in [1.29, 1.82) is 0 Å². The van der Waals surface area contributed by atoms with Gasteiger partial charge in [0, 0.05) is 18.8 Å². The fourth-order valence-corrected chi connectivity index (χ4v) is 1.62. The Morgan fingerprint density at radius 2 is 1.94 bits per heavy atom. The zero-order valence-corrected chi connectivity index (χ0v) is 10.4. The van der Waals surface area contributed by atoms with Crippen LogP contribution in [0.3, 0.4) is 0 Å². The first-order valence-corrected chi connectivity index (χ1v) is 5.92. The summed E-state index contributed by atoms with van der Waals surface area (Å²) in [5.74, 6) is 0.0283. The second-order valence-corrected chi connectivity index (χ2v) is 3.79. The van der Waals surface area contributed by atoms with E-state index in [4.69, 9.17) is 5.11 Å². The van der Waals surface area contributed by atoms with Gasteiger partial charge in [-0.1, -0.05) is 12.1 Å². The summed E-state index contributed by atoms with van der Waals surface area (Å²) in [5.41, 5.74) is 1.87. The van der Waals surface area contributed by atoms with Crippen LogP contribution in [0.1, 0.15) is 19.4 Å². The van der Waals surface area contributed by atoms with Crippen molar-refractivity contribution < 1.29 is 9.90 Å². The van der Waals surface area contributed by atoms with Crippen LogP contribution >= 0.6 is 0 Å². The van der Waals surface area contributed by atoms with Gasteiger partial charge in [-0.3, -0.25) is 4.79 Å². The molecule has 0 unspecified atom stereocenters. The Hall–Kier alpha value is -1.55. The number of aliphatic hydroxyl groups excluding tert-OH is 1. The quantitative estimate of drug-likeness (QED) is 0.779. The standard InChI is InChI=1S/C13H20N2O2/c1-3-14-13(17)9-15(4-2)12-7-5-11(10-16)6-8-12/h5-8,16H,3-4,9-10H2,1-2H3,(H,14,17). The Kier molecular flexibility index (Phi) is 5.49. The lowest BCUT2D eigenvalue weighted by atomic mass is 10.2. The molecule has 0 aliphatic carbocycles. The second kappa shape index (κ2) is 6.91. The molecule has 17 heavy (non-hydrogen) atoms. The lowest BCUT2D eigenvalue weighted by Crippen LogP contribution is -2.37. The first kappa shape index (κ1) is 13.5. The molecule has 0 aliphatic rings. The average molecular weight is 236 g/mol. The van der Waals surface area contributed by atoms with Gasteiger partial charge in [-0.05, 0) is 31.5 Å². The highest BCUT2D eigenvalue weighted by Crippen LogP contribution is 2.14. The number of likely N-dealkylation sites (N-methyl/N-ethyl adjacent to an activating group) is 2. The predicted molar refractivity (Wildman–Crippen MR) is 68.9 cm³/mol. The van der Waals surface area contributed by atoms with Crippen molar-refractivity contribution in [3.8, 4) is 0 Å². The zero-order valence-electron chi connectivity index (χ0n) is 10.4. The predicted octanol–water partition coefficient (Wildman–Crippen LogP) is 1.14. The van der Waals surface area contributed by atoms with E-state index in [1.807, 2.05) is 43.0 Å². The number of hydrogen-bond acceptors (Lipinski definition) is 3. The van der Waals surface area contributed by atoms with Gasteiger partial charge >= 0.3 is 0 Å². The van der Waals surface area contributed by atoms with Gasteiger partial charge in [-0.15, -0.1) is 0 Å². The van der Waals surface area contributed by atoms with Crippen molar-refractivity contribution in [1.82, 2.24) is 5.32 Å². The molecule has 0 spiro atoms. The number of anilines is 1. The molecule has 0 radical (unpaired) electrons. The van der Waals surface area contributed by atoms with Gasteiger partial charge in [0.25, 0.3) is 0 Å². The van der Waals surface area contributed by atoms with E-state index in [9.17, 15) is 4.79 Å². The first-order valence-electron chi connectivity index (χ1n) is 5.92. The molecule has 0 aromatic heterocycles. The number of amides is 1. The Morgan fingerprint density at radius 3 is 2.41 bits per heavy atom. The molecule has 0 saturated carbocycles. The number of carbonyl (C=O) groups excluding carboxylic acids is 1. The largest absolute Gasteiger partial charge is 0.392 e. The third-order valence-corrected chi connectivity index (χ3v) is 2.57. The molecular formula is C13H20N2O2. The van der Waals surface area contributed by atoms with E-state index < -0.39 is 0 Å². The average Bonchev–Trinajstić information content (AvgIpc) is 2.36. The number of carbonyl (C=O) groups is 1. The minimum atomic E-state index is 0.0283. The third-order valence-electron chi connectivity index (χ3n) is 2.57. The zero-order chi connectivity index (χ0) is 12.7. The number of nitrogens with zero attached hydrogens (tertiary/aromatic N) is 1. The number of aliphatic hydroxyl groups is 1. The molecule has 0 heterocycles. The first-order chi connectivity index (χ1) is 8.21. The number of benzene rings is 1. The molecule has 0 fully saturated rings. The molecule has 0 bridgehead atoms. The number of rotatable bonds is 6. The fourth-order valence-electron chi connectivity index (χ4n) is 1.62. The molecule has 0 aliphatic heterocycles. The van der Waals surface area contributed by atoms with E-state index in [1.165, 1.54) is 0 Å². The van der Waals surface area contributed by atoms with Crippen LogP contribution in [0.4, 0.5) is 5.69 Å². The van der Waals surface area contributed by atoms with Crippen molar-refractivity contribution in [2.24, 2.45) is 0 Å². The summed E-state index contributed by atoms with van der Waals surface area (Å²) in [5, 5.41) is 11.7. The van der Waals surface area contributed by atoms with Crippen molar-refractivity contribution in [3.63, 3.8) is 0 Å². The maximum absolute atomic E-state index is 11.5. The van der Waals surface area contributed by atoms with Crippen LogP contribution in [-0.4, -0.2) is 30.6 Å². The molecule has 1 aromatic rings. The van der Waals surface area contributed by atoms with Crippen LogP contribution in [-0.2, 0) is 11.4 Å². The molecule has 94 valence electrons. The Labute approximate surface area is 102 Å². The molecule has 1 aromatic carbocycles. The van der Waals surface area contributed by atoms with Crippen LogP contribution in [0.5, 0.6) is 0 Å². The normalized spacial score (nSPS) is 10.1. The van der Waals surface area contributed by atoms with Crippen molar-refractivity contribution in [2.75, 3.05) is 24.5 Å². The molecule has 2 N–H and O–H groups in total. The van der Waals surface area contributed by atoms with Crippen molar-refractivity contribution in [3.05, 3.63) is 29.8 Å². The van der Waals surface area contributed by atoms with Gasteiger partial charge in [0.05, 0.1) is 13.2 Å². The molecule has 1 amide bonds. The minimum Gasteiger partial charge on any atom is -0.392 e. The summed E-state index contributed by atoms with van der Waals surface area (Å²) in [4.78, 5) is 13.5. The summed E-state index contributed by atoms with van der Waals surface area (Å²) in [7, 11) is 0. The maximum atomic E-state index is 11.5. The Morgan fingerprint density at radius 1 is 1.29 bits per heavy atom. The fraction of sp³-hybridized carbons (Fsp3) is 0.462. The maximum Gasteiger partial charge on any atom is 0.239 e. The summed E-state index contributed by atoms with van der Waals surface area (Å²) >= 11 is 0. The lowest BCUT2D eigenvalue weighted by molar-refractivity contribution is -0.119. The summed E-state index contributed by atoms with van der Waals surface area (Å²) in [6.45, 7) is 5.75. The van der Waals surface area contributed by atoms with E-state index in [0.717, 1.165) is 17.8 Å². The van der Waals surface area contributed by atoms with Gasteiger partial charge in [0.15, 0.2) is 0 Å². The lowest BCUT2D eigenvalue weighted by Gasteiger charge is -2.22. The van der Waals surface area contributed by atoms with E-state index in [0.29, 0.717) is 13.1 Å².